The van der Waals surface area contributed by atoms with Gasteiger partial charge in [-0.1, -0.05) is 25.0 Å². The number of nitrogens with zero attached hydrogens (tertiary/aromatic N) is 2. The fourth-order valence-corrected chi connectivity index (χ4v) is 4.54. The second kappa shape index (κ2) is 7.94. The Morgan fingerprint density at radius 1 is 1.04 bits per heavy atom. The molecule has 0 N–H and O–H groups in total. The van der Waals surface area contributed by atoms with Gasteiger partial charge in [-0.25, -0.2) is 0 Å². The SMILES string of the molecule is COc1ccc(CN(C(=O)CCN2C(=O)C3CCCCC3C2=O)C2CC2)cc1. The summed E-state index contributed by atoms with van der Waals surface area (Å²) in [6, 6.07) is 8.02. The molecule has 1 aliphatic heterocycles. The van der Waals surface area contributed by atoms with Gasteiger partial charge in [0.25, 0.3) is 0 Å². The van der Waals surface area contributed by atoms with Gasteiger partial charge < -0.3 is 9.64 Å². The molecule has 2 saturated carbocycles. The molecule has 3 fully saturated rings. The number of imide groups is 1. The zero-order chi connectivity index (χ0) is 19.7. The lowest BCUT2D eigenvalue weighted by atomic mass is 9.81. The van der Waals surface area contributed by atoms with Crippen molar-refractivity contribution in [2.75, 3.05) is 13.7 Å². The maximum Gasteiger partial charge on any atom is 0.233 e. The van der Waals surface area contributed by atoms with Crippen molar-refractivity contribution in [2.24, 2.45) is 11.8 Å². The molecule has 1 heterocycles. The van der Waals surface area contributed by atoms with Crippen LogP contribution in [0.2, 0.25) is 0 Å². The molecule has 6 nitrogen and oxygen atoms in total. The molecule has 0 radical (unpaired) electrons. The highest BCUT2D eigenvalue weighted by Gasteiger charge is 2.48. The van der Waals surface area contributed by atoms with E-state index in [1.54, 1.807) is 7.11 Å². The van der Waals surface area contributed by atoms with E-state index in [1.807, 2.05) is 29.2 Å². The van der Waals surface area contributed by atoms with Crippen LogP contribution in [0.15, 0.2) is 24.3 Å². The van der Waals surface area contributed by atoms with Gasteiger partial charge in [-0.05, 0) is 43.4 Å². The molecule has 2 unspecified atom stereocenters. The van der Waals surface area contributed by atoms with Crippen molar-refractivity contribution < 1.29 is 19.1 Å². The zero-order valence-electron chi connectivity index (χ0n) is 16.4. The summed E-state index contributed by atoms with van der Waals surface area (Å²) in [4.78, 5) is 41.3. The third-order valence-corrected chi connectivity index (χ3v) is 6.30. The lowest BCUT2D eigenvalue weighted by Crippen LogP contribution is -2.38. The second-order valence-corrected chi connectivity index (χ2v) is 8.18. The standard InChI is InChI=1S/C22H28N2O4/c1-28-17-10-6-15(7-11-17)14-24(16-8-9-16)20(25)12-13-23-21(26)18-4-2-3-5-19(18)22(23)27/h6-7,10-11,16,18-19H,2-5,8-9,12-14H2,1H3. The molecular weight excluding hydrogens is 356 g/mol. The molecule has 2 atom stereocenters. The van der Waals surface area contributed by atoms with Crippen LogP contribution < -0.4 is 4.74 Å². The fourth-order valence-electron chi connectivity index (χ4n) is 4.54. The van der Waals surface area contributed by atoms with Crippen molar-refractivity contribution in [1.82, 2.24) is 9.80 Å². The average molecular weight is 384 g/mol. The van der Waals surface area contributed by atoms with E-state index in [-0.39, 0.29) is 48.6 Å². The van der Waals surface area contributed by atoms with Gasteiger partial charge >= 0.3 is 0 Å². The van der Waals surface area contributed by atoms with Crippen molar-refractivity contribution in [3.63, 3.8) is 0 Å². The summed E-state index contributed by atoms with van der Waals surface area (Å²) in [6.07, 6.45) is 5.91. The quantitative estimate of drug-likeness (QED) is 0.678. The van der Waals surface area contributed by atoms with Gasteiger partial charge in [-0.15, -0.1) is 0 Å². The van der Waals surface area contributed by atoms with Gasteiger partial charge in [0.1, 0.15) is 5.75 Å². The molecule has 1 aromatic rings. The molecule has 0 bridgehead atoms. The summed E-state index contributed by atoms with van der Waals surface area (Å²) >= 11 is 0. The number of carbonyl (C=O) groups excluding carboxylic acids is 3. The Kier molecular flexibility index (Phi) is 5.38. The number of carbonyl (C=O) groups is 3. The van der Waals surface area contributed by atoms with Crippen molar-refractivity contribution >= 4 is 17.7 Å². The van der Waals surface area contributed by atoms with Crippen molar-refractivity contribution in [3.05, 3.63) is 29.8 Å². The second-order valence-electron chi connectivity index (χ2n) is 8.18. The summed E-state index contributed by atoms with van der Waals surface area (Å²) < 4.78 is 5.19. The van der Waals surface area contributed by atoms with Gasteiger partial charge in [0.2, 0.25) is 17.7 Å². The summed E-state index contributed by atoms with van der Waals surface area (Å²) in [7, 11) is 1.63. The van der Waals surface area contributed by atoms with Crippen LogP contribution in [-0.4, -0.2) is 47.2 Å². The van der Waals surface area contributed by atoms with Gasteiger partial charge in [0, 0.05) is 25.6 Å². The van der Waals surface area contributed by atoms with Crippen molar-refractivity contribution in [1.29, 1.82) is 0 Å². The lowest BCUT2D eigenvalue weighted by molar-refractivity contribution is -0.141. The molecule has 3 aliphatic rings. The van der Waals surface area contributed by atoms with E-state index >= 15 is 0 Å². The normalized spacial score (nSPS) is 24.2. The molecule has 3 amide bonds. The molecule has 6 heteroatoms. The molecule has 0 spiro atoms. The largest absolute Gasteiger partial charge is 0.497 e. The first-order chi connectivity index (χ1) is 13.6. The molecule has 0 aromatic heterocycles. The minimum absolute atomic E-state index is 0.0220. The smallest absolute Gasteiger partial charge is 0.233 e. The number of hydrogen-bond acceptors (Lipinski definition) is 4. The highest BCUT2D eigenvalue weighted by molar-refractivity contribution is 6.05. The Morgan fingerprint density at radius 2 is 1.64 bits per heavy atom. The number of ether oxygens (including phenoxy) is 1. The first-order valence-corrected chi connectivity index (χ1v) is 10.4. The Hall–Kier alpha value is -2.37. The van der Waals surface area contributed by atoms with E-state index in [9.17, 15) is 14.4 Å². The Balaban J connectivity index is 1.37. The topological polar surface area (TPSA) is 66.9 Å². The molecule has 28 heavy (non-hydrogen) atoms. The molecule has 1 saturated heterocycles. The number of methoxy groups -OCH3 is 1. The predicted molar refractivity (Wildman–Crippen MR) is 103 cm³/mol. The maximum atomic E-state index is 12.9. The number of rotatable bonds is 7. The van der Waals surface area contributed by atoms with Gasteiger partial charge in [0.15, 0.2) is 0 Å². The van der Waals surface area contributed by atoms with E-state index in [0.29, 0.717) is 6.54 Å². The molecule has 1 aromatic carbocycles. The number of likely N-dealkylation sites (tertiary alicyclic amines) is 1. The number of fused-ring (bicyclic) bond motifs is 1. The van der Waals surface area contributed by atoms with Crippen LogP contribution in [0.25, 0.3) is 0 Å². The van der Waals surface area contributed by atoms with Crippen LogP contribution in [-0.2, 0) is 20.9 Å². The Bertz CT molecular complexity index is 732. The number of benzene rings is 1. The average Bonchev–Trinajstić information content (AvgIpc) is 3.53. The minimum Gasteiger partial charge on any atom is -0.497 e. The van der Waals surface area contributed by atoms with Gasteiger partial charge in [-0.2, -0.15) is 0 Å². The van der Waals surface area contributed by atoms with E-state index in [0.717, 1.165) is 49.8 Å². The highest BCUT2D eigenvalue weighted by atomic mass is 16.5. The third kappa shape index (κ3) is 3.77. The Morgan fingerprint density at radius 3 is 2.18 bits per heavy atom. The van der Waals surface area contributed by atoms with Crippen LogP contribution in [0.5, 0.6) is 5.75 Å². The highest BCUT2D eigenvalue weighted by Crippen LogP contribution is 2.38. The summed E-state index contributed by atoms with van der Waals surface area (Å²) in [5.74, 6) is 0.408. The summed E-state index contributed by atoms with van der Waals surface area (Å²) in [6.45, 7) is 0.774. The monoisotopic (exact) mass is 384 g/mol. The van der Waals surface area contributed by atoms with E-state index in [4.69, 9.17) is 4.74 Å². The first-order valence-electron chi connectivity index (χ1n) is 10.4. The third-order valence-electron chi connectivity index (χ3n) is 6.30. The van der Waals surface area contributed by atoms with E-state index in [1.165, 1.54) is 4.90 Å². The number of hydrogen-bond donors (Lipinski definition) is 0. The molecule has 2 aliphatic carbocycles. The van der Waals surface area contributed by atoms with Crippen LogP contribution in [0.3, 0.4) is 0 Å². The van der Waals surface area contributed by atoms with Crippen molar-refractivity contribution in [2.45, 2.75) is 57.5 Å². The maximum absolute atomic E-state index is 12.9. The summed E-state index contributed by atoms with van der Waals surface area (Å²) in [5.41, 5.74) is 1.06. The molecule has 150 valence electrons. The minimum atomic E-state index is -0.143. The fraction of sp³-hybridized carbons (Fsp3) is 0.591. The molecular formula is C22H28N2O4. The van der Waals surface area contributed by atoms with Crippen LogP contribution in [0.4, 0.5) is 0 Å². The van der Waals surface area contributed by atoms with Crippen LogP contribution >= 0.6 is 0 Å². The van der Waals surface area contributed by atoms with Crippen LogP contribution in [0.1, 0.15) is 50.5 Å². The van der Waals surface area contributed by atoms with E-state index in [2.05, 4.69) is 0 Å². The van der Waals surface area contributed by atoms with E-state index < -0.39 is 0 Å². The van der Waals surface area contributed by atoms with Gasteiger partial charge in [-0.3, -0.25) is 19.3 Å². The summed E-state index contributed by atoms with van der Waals surface area (Å²) in [5, 5.41) is 0. The first kappa shape index (κ1) is 19.0. The number of amides is 3. The molecule has 4 rings (SSSR count). The zero-order valence-corrected chi connectivity index (χ0v) is 16.4. The van der Waals surface area contributed by atoms with Gasteiger partial charge in [0.05, 0.1) is 18.9 Å². The Labute approximate surface area is 165 Å². The lowest BCUT2D eigenvalue weighted by Gasteiger charge is -2.24. The predicted octanol–water partition coefficient (Wildman–Crippen LogP) is 2.75. The van der Waals surface area contributed by atoms with Crippen molar-refractivity contribution in [3.8, 4) is 5.75 Å². The van der Waals surface area contributed by atoms with Crippen LogP contribution in [0, 0.1) is 11.8 Å².